The summed E-state index contributed by atoms with van der Waals surface area (Å²) < 4.78 is 65.7. The number of fused-ring (bicyclic) bond motifs is 1. The van der Waals surface area contributed by atoms with E-state index in [4.69, 9.17) is 61.9 Å². The molecule has 0 heterocycles. The van der Waals surface area contributed by atoms with Crippen molar-refractivity contribution in [3.63, 3.8) is 0 Å². The van der Waals surface area contributed by atoms with Crippen molar-refractivity contribution in [2.45, 2.75) is 0 Å². The van der Waals surface area contributed by atoms with E-state index in [0.717, 1.165) is 16.5 Å². The lowest BCUT2D eigenvalue weighted by Gasteiger charge is -2.10. The second-order valence-electron chi connectivity index (χ2n) is 9.79. The molecule has 13 heteroatoms. The van der Waals surface area contributed by atoms with Gasteiger partial charge in [0.15, 0.2) is 0 Å². The molecule has 0 fully saturated rings. The van der Waals surface area contributed by atoms with Crippen LogP contribution >= 0.6 is 0 Å². The van der Waals surface area contributed by atoms with Gasteiger partial charge >= 0.3 is 0 Å². The highest BCUT2D eigenvalue weighted by molar-refractivity contribution is 5.88. The van der Waals surface area contributed by atoms with Gasteiger partial charge in [0.05, 0.1) is 152 Å². The van der Waals surface area contributed by atoms with Gasteiger partial charge in [-0.1, -0.05) is 36.4 Å². The zero-order valence-corrected chi connectivity index (χ0v) is 27.9. The Morgan fingerprint density at radius 3 is 0.979 bits per heavy atom. The fourth-order valence-corrected chi connectivity index (χ4v) is 3.90. The van der Waals surface area contributed by atoms with Crippen molar-refractivity contribution in [3.8, 4) is 5.75 Å². The minimum Gasteiger partial charge on any atom is -0.491 e. The topological polar surface area (TPSA) is 131 Å². The molecular formula is C34H56O13. The quantitative estimate of drug-likeness (QED) is 0.106. The molecule has 0 radical (unpaired) electrons. The molecule has 0 aliphatic rings. The summed E-state index contributed by atoms with van der Waals surface area (Å²) in [5.41, 5.74) is 0. The Labute approximate surface area is 279 Å². The van der Waals surface area contributed by atoms with Gasteiger partial charge in [-0.2, -0.15) is 0 Å². The van der Waals surface area contributed by atoms with Gasteiger partial charge < -0.3 is 61.9 Å². The molecule has 2 aromatic carbocycles. The largest absolute Gasteiger partial charge is 0.491 e. The molecule has 0 aliphatic carbocycles. The van der Waals surface area contributed by atoms with Crippen LogP contribution in [0.25, 0.3) is 10.8 Å². The van der Waals surface area contributed by atoms with Crippen LogP contribution in [0, 0.1) is 0 Å². The van der Waals surface area contributed by atoms with E-state index in [2.05, 4.69) is 18.2 Å². The van der Waals surface area contributed by atoms with Crippen LogP contribution in [0.5, 0.6) is 5.75 Å². The third-order valence-electron chi connectivity index (χ3n) is 6.19. The molecule has 0 aromatic heterocycles. The van der Waals surface area contributed by atoms with Crippen molar-refractivity contribution in [3.05, 3.63) is 42.5 Å². The third-order valence-corrected chi connectivity index (χ3v) is 6.19. The summed E-state index contributed by atoms with van der Waals surface area (Å²) in [5, 5.41) is 10.8. The molecule has 0 atom stereocenters. The molecule has 2 aromatic rings. The Morgan fingerprint density at radius 1 is 0.319 bits per heavy atom. The summed E-state index contributed by atoms with van der Waals surface area (Å²) >= 11 is 0. The van der Waals surface area contributed by atoms with Crippen LogP contribution in [-0.2, 0) is 52.1 Å². The number of aliphatic hydroxyl groups excluding tert-OH is 1. The first-order valence-corrected chi connectivity index (χ1v) is 16.5. The molecule has 47 heavy (non-hydrogen) atoms. The Hall–Kier alpha value is -1.98. The SMILES string of the molecule is OCCOCCOCCOCCOCCOCCOCCOCCOCCOCCOCCOCCOc1cccc2ccccc12. The average molecular weight is 673 g/mol. The molecule has 13 nitrogen and oxygen atoms in total. The Morgan fingerprint density at radius 2 is 0.617 bits per heavy atom. The maximum absolute atomic E-state index is 8.58. The minimum absolute atomic E-state index is 0.0246. The van der Waals surface area contributed by atoms with E-state index in [-0.39, 0.29) is 6.61 Å². The van der Waals surface area contributed by atoms with Gasteiger partial charge in [-0.3, -0.25) is 0 Å². The lowest BCUT2D eigenvalue weighted by molar-refractivity contribution is -0.0280. The third kappa shape index (κ3) is 24.8. The fraction of sp³-hybridized carbons (Fsp3) is 0.706. The average Bonchev–Trinajstić information content (AvgIpc) is 3.10. The maximum atomic E-state index is 8.58. The Bertz CT molecular complexity index is 931. The van der Waals surface area contributed by atoms with E-state index in [0.29, 0.717) is 152 Å². The summed E-state index contributed by atoms with van der Waals surface area (Å²) in [6.45, 7) is 11.4. The first kappa shape index (κ1) is 41.2. The zero-order chi connectivity index (χ0) is 33.1. The van der Waals surface area contributed by atoms with Crippen molar-refractivity contribution in [1.82, 2.24) is 0 Å². The Balaban J connectivity index is 1.17. The second-order valence-corrected chi connectivity index (χ2v) is 9.79. The van der Waals surface area contributed by atoms with Crippen molar-refractivity contribution >= 4 is 10.8 Å². The normalized spacial score (nSPS) is 11.5. The second kappa shape index (κ2) is 32.6. The number of rotatable bonds is 36. The van der Waals surface area contributed by atoms with Crippen molar-refractivity contribution in [2.75, 3.05) is 159 Å². The van der Waals surface area contributed by atoms with E-state index in [1.165, 1.54) is 0 Å². The summed E-state index contributed by atoms with van der Waals surface area (Å²) in [4.78, 5) is 0. The van der Waals surface area contributed by atoms with E-state index in [9.17, 15) is 0 Å². The van der Waals surface area contributed by atoms with E-state index < -0.39 is 0 Å². The van der Waals surface area contributed by atoms with Crippen LogP contribution in [0.2, 0.25) is 0 Å². The first-order valence-electron chi connectivity index (χ1n) is 16.5. The van der Waals surface area contributed by atoms with Gasteiger partial charge in [0.1, 0.15) is 12.4 Å². The van der Waals surface area contributed by atoms with E-state index in [1.54, 1.807) is 0 Å². The molecule has 0 spiro atoms. The molecule has 270 valence electrons. The van der Waals surface area contributed by atoms with Crippen LogP contribution in [-0.4, -0.2) is 164 Å². The van der Waals surface area contributed by atoms with Gasteiger partial charge in [0.25, 0.3) is 0 Å². The highest BCUT2D eigenvalue weighted by Crippen LogP contribution is 2.24. The number of ether oxygens (including phenoxy) is 12. The number of benzene rings is 2. The van der Waals surface area contributed by atoms with E-state index in [1.807, 2.05) is 24.3 Å². The zero-order valence-electron chi connectivity index (χ0n) is 27.9. The fourth-order valence-electron chi connectivity index (χ4n) is 3.90. The highest BCUT2D eigenvalue weighted by Gasteiger charge is 2.01. The lowest BCUT2D eigenvalue weighted by Crippen LogP contribution is -2.15. The minimum atomic E-state index is 0.0246. The van der Waals surface area contributed by atoms with Gasteiger partial charge in [-0.25, -0.2) is 0 Å². The number of hydrogen-bond acceptors (Lipinski definition) is 13. The monoisotopic (exact) mass is 672 g/mol. The molecule has 1 N–H and O–H groups in total. The van der Waals surface area contributed by atoms with Gasteiger partial charge in [0, 0.05) is 5.39 Å². The molecule has 0 aliphatic heterocycles. The number of aliphatic hydroxyl groups is 1. The Kier molecular flexibility index (Phi) is 28.5. The van der Waals surface area contributed by atoms with Crippen LogP contribution in [0.15, 0.2) is 42.5 Å². The van der Waals surface area contributed by atoms with Crippen LogP contribution in [0.4, 0.5) is 0 Å². The molecule has 0 saturated carbocycles. The van der Waals surface area contributed by atoms with Crippen molar-refractivity contribution in [1.29, 1.82) is 0 Å². The molecular weight excluding hydrogens is 616 g/mol. The van der Waals surface area contributed by atoms with Crippen LogP contribution < -0.4 is 4.74 Å². The van der Waals surface area contributed by atoms with Crippen molar-refractivity contribution < 1.29 is 61.9 Å². The first-order chi connectivity index (χ1) is 23.4. The predicted molar refractivity (Wildman–Crippen MR) is 176 cm³/mol. The smallest absolute Gasteiger partial charge is 0.127 e. The van der Waals surface area contributed by atoms with Crippen LogP contribution in [0.3, 0.4) is 0 Å². The summed E-state index contributed by atoms with van der Waals surface area (Å²) in [5.74, 6) is 0.871. The lowest BCUT2D eigenvalue weighted by atomic mass is 10.1. The maximum Gasteiger partial charge on any atom is 0.127 e. The summed E-state index contributed by atoms with van der Waals surface area (Å²) in [6, 6.07) is 14.2. The molecule has 2 rings (SSSR count). The van der Waals surface area contributed by atoms with E-state index >= 15 is 0 Å². The molecule has 0 amide bonds. The standard InChI is InChI=1S/C34H56O13/c35-8-9-36-10-11-37-12-13-38-14-15-39-16-17-40-18-19-41-20-21-42-22-23-43-24-25-44-26-27-45-28-29-46-30-31-47-34-7-3-5-32-4-1-2-6-33(32)34/h1-7,35H,8-31H2. The predicted octanol–water partition coefficient (Wildman–Crippen LogP) is 2.39. The van der Waals surface area contributed by atoms with Gasteiger partial charge in [-0.15, -0.1) is 0 Å². The van der Waals surface area contributed by atoms with Gasteiger partial charge in [0.2, 0.25) is 0 Å². The highest BCUT2D eigenvalue weighted by atomic mass is 16.6. The van der Waals surface area contributed by atoms with Crippen molar-refractivity contribution in [2.24, 2.45) is 0 Å². The van der Waals surface area contributed by atoms with Gasteiger partial charge in [-0.05, 0) is 11.5 Å². The molecule has 0 unspecified atom stereocenters. The molecule has 0 saturated heterocycles. The van der Waals surface area contributed by atoms with Crippen LogP contribution in [0.1, 0.15) is 0 Å². The number of hydrogen-bond donors (Lipinski definition) is 1. The molecule has 0 bridgehead atoms. The summed E-state index contributed by atoms with van der Waals surface area (Å²) in [6.07, 6.45) is 0. The summed E-state index contributed by atoms with van der Waals surface area (Å²) in [7, 11) is 0.